The van der Waals surface area contributed by atoms with Crippen LogP contribution in [-0.2, 0) is 9.53 Å². The zero-order valence-electron chi connectivity index (χ0n) is 11.0. The molecule has 1 atom stereocenters. The van der Waals surface area contributed by atoms with Gasteiger partial charge >= 0.3 is 5.97 Å². The van der Waals surface area contributed by atoms with E-state index in [0.717, 1.165) is 19.0 Å². The van der Waals surface area contributed by atoms with Crippen LogP contribution in [0.4, 0.5) is 0 Å². The second kappa shape index (κ2) is 5.85. The van der Waals surface area contributed by atoms with Gasteiger partial charge in [0.2, 0.25) is 0 Å². The van der Waals surface area contributed by atoms with Crippen LogP contribution in [0.5, 0.6) is 0 Å². The molecule has 1 saturated carbocycles. The average molecular weight is 239 g/mol. The van der Waals surface area contributed by atoms with Gasteiger partial charge in [-0.3, -0.25) is 4.79 Å². The third-order valence-electron chi connectivity index (χ3n) is 4.70. The van der Waals surface area contributed by atoms with Gasteiger partial charge in [-0.15, -0.1) is 0 Å². The number of esters is 1. The molecule has 0 bridgehead atoms. The first-order valence-electron chi connectivity index (χ1n) is 7.04. The van der Waals surface area contributed by atoms with E-state index in [-0.39, 0.29) is 11.4 Å². The SMILES string of the molecule is COC(=O)CC1(C2CCCCC2)CCCNC1. The number of ether oxygens (including phenoxy) is 1. The van der Waals surface area contributed by atoms with E-state index < -0.39 is 0 Å². The normalized spacial score (nSPS) is 31.1. The fourth-order valence-electron chi connectivity index (χ4n) is 3.71. The minimum absolute atomic E-state index is 0.0285. The smallest absolute Gasteiger partial charge is 0.306 e. The Balaban J connectivity index is 2.07. The number of piperidine rings is 1. The van der Waals surface area contributed by atoms with E-state index in [9.17, 15) is 4.79 Å². The second-order valence-electron chi connectivity index (χ2n) is 5.73. The van der Waals surface area contributed by atoms with E-state index in [0.29, 0.717) is 6.42 Å². The molecule has 3 heteroatoms. The van der Waals surface area contributed by atoms with Crippen molar-refractivity contribution in [3.63, 3.8) is 0 Å². The van der Waals surface area contributed by atoms with Crippen LogP contribution in [0, 0.1) is 11.3 Å². The maximum absolute atomic E-state index is 11.7. The molecule has 2 fully saturated rings. The Labute approximate surface area is 104 Å². The van der Waals surface area contributed by atoms with Crippen molar-refractivity contribution in [2.75, 3.05) is 20.2 Å². The molecule has 0 aromatic rings. The fraction of sp³-hybridized carbons (Fsp3) is 0.929. The van der Waals surface area contributed by atoms with Crippen molar-refractivity contribution >= 4 is 5.97 Å². The highest BCUT2D eigenvalue weighted by Crippen LogP contribution is 2.45. The molecule has 1 heterocycles. The maximum atomic E-state index is 11.7. The molecule has 1 saturated heterocycles. The highest BCUT2D eigenvalue weighted by atomic mass is 16.5. The molecule has 1 unspecified atom stereocenters. The van der Waals surface area contributed by atoms with Gasteiger partial charge in [0.25, 0.3) is 0 Å². The second-order valence-corrected chi connectivity index (χ2v) is 5.73. The van der Waals surface area contributed by atoms with Gasteiger partial charge in [-0.25, -0.2) is 0 Å². The lowest BCUT2D eigenvalue weighted by molar-refractivity contribution is -0.145. The molecule has 0 amide bonds. The van der Waals surface area contributed by atoms with Crippen LogP contribution in [0.3, 0.4) is 0 Å². The first-order chi connectivity index (χ1) is 8.27. The molecular weight excluding hydrogens is 214 g/mol. The highest BCUT2D eigenvalue weighted by Gasteiger charge is 2.41. The van der Waals surface area contributed by atoms with E-state index in [4.69, 9.17) is 4.74 Å². The summed E-state index contributed by atoms with van der Waals surface area (Å²) in [7, 11) is 1.51. The van der Waals surface area contributed by atoms with Gasteiger partial charge in [-0.05, 0) is 43.6 Å². The van der Waals surface area contributed by atoms with Gasteiger partial charge in [0, 0.05) is 6.54 Å². The Morgan fingerprint density at radius 2 is 2.06 bits per heavy atom. The van der Waals surface area contributed by atoms with Crippen LogP contribution in [0.15, 0.2) is 0 Å². The number of hydrogen-bond donors (Lipinski definition) is 1. The molecule has 2 aliphatic rings. The van der Waals surface area contributed by atoms with Crippen molar-refractivity contribution in [3.05, 3.63) is 0 Å². The molecule has 0 spiro atoms. The van der Waals surface area contributed by atoms with Crippen LogP contribution in [0.25, 0.3) is 0 Å². The topological polar surface area (TPSA) is 38.3 Å². The van der Waals surface area contributed by atoms with Crippen molar-refractivity contribution in [3.8, 4) is 0 Å². The molecule has 0 aromatic carbocycles. The lowest BCUT2D eigenvalue weighted by Gasteiger charge is -2.45. The van der Waals surface area contributed by atoms with Crippen LogP contribution in [-0.4, -0.2) is 26.2 Å². The maximum Gasteiger partial charge on any atom is 0.306 e. The molecule has 98 valence electrons. The fourth-order valence-corrected chi connectivity index (χ4v) is 3.71. The number of nitrogens with one attached hydrogen (secondary N) is 1. The van der Waals surface area contributed by atoms with Gasteiger partial charge < -0.3 is 10.1 Å². The summed E-state index contributed by atoms with van der Waals surface area (Å²) < 4.78 is 4.90. The summed E-state index contributed by atoms with van der Waals surface area (Å²) in [6.07, 6.45) is 9.67. The third kappa shape index (κ3) is 3.01. The molecule has 1 aliphatic carbocycles. The number of carbonyl (C=O) groups is 1. The van der Waals surface area contributed by atoms with Crippen LogP contribution in [0.1, 0.15) is 51.4 Å². The monoisotopic (exact) mass is 239 g/mol. The standard InChI is InChI=1S/C14H25NO2/c1-17-13(16)10-14(8-5-9-15-11-14)12-6-3-2-4-7-12/h12,15H,2-11H2,1H3. The summed E-state index contributed by atoms with van der Waals surface area (Å²) in [4.78, 5) is 11.7. The molecule has 0 radical (unpaired) electrons. The summed E-state index contributed by atoms with van der Waals surface area (Å²) in [6.45, 7) is 2.11. The first-order valence-corrected chi connectivity index (χ1v) is 7.04. The molecule has 2 rings (SSSR count). The molecule has 1 aliphatic heterocycles. The van der Waals surface area contributed by atoms with E-state index in [1.165, 1.54) is 52.1 Å². The number of methoxy groups -OCH3 is 1. The Hall–Kier alpha value is -0.570. The van der Waals surface area contributed by atoms with Crippen molar-refractivity contribution in [1.29, 1.82) is 0 Å². The Morgan fingerprint density at radius 3 is 2.65 bits per heavy atom. The Bertz CT molecular complexity index is 253. The minimum atomic E-state index is -0.0285. The lowest BCUT2D eigenvalue weighted by Crippen LogP contribution is -2.47. The molecule has 3 nitrogen and oxygen atoms in total. The molecule has 1 N–H and O–H groups in total. The van der Waals surface area contributed by atoms with E-state index >= 15 is 0 Å². The Kier molecular flexibility index (Phi) is 4.43. The number of rotatable bonds is 3. The summed E-state index contributed by atoms with van der Waals surface area (Å²) in [5.41, 5.74) is 0.186. The largest absolute Gasteiger partial charge is 0.469 e. The first kappa shape index (κ1) is 12.9. The summed E-state index contributed by atoms with van der Waals surface area (Å²) in [6, 6.07) is 0. The van der Waals surface area contributed by atoms with E-state index in [1.54, 1.807) is 0 Å². The van der Waals surface area contributed by atoms with Crippen molar-refractivity contribution < 1.29 is 9.53 Å². The summed E-state index contributed by atoms with van der Waals surface area (Å²) in [5.74, 6) is 0.697. The summed E-state index contributed by atoms with van der Waals surface area (Å²) >= 11 is 0. The highest BCUT2D eigenvalue weighted by molar-refractivity contribution is 5.70. The van der Waals surface area contributed by atoms with Crippen LogP contribution >= 0.6 is 0 Å². The van der Waals surface area contributed by atoms with Crippen LogP contribution < -0.4 is 5.32 Å². The molecular formula is C14H25NO2. The number of carbonyl (C=O) groups excluding carboxylic acids is 1. The minimum Gasteiger partial charge on any atom is -0.469 e. The Morgan fingerprint density at radius 1 is 1.29 bits per heavy atom. The molecule has 0 aromatic heterocycles. The van der Waals surface area contributed by atoms with Crippen molar-refractivity contribution in [2.45, 2.75) is 51.4 Å². The van der Waals surface area contributed by atoms with E-state index in [2.05, 4.69) is 5.32 Å². The predicted molar refractivity (Wildman–Crippen MR) is 67.7 cm³/mol. The van der Waals surface area contributed by atoms with Crippen LogP contribution in [0.2, 0.25) is 0 Å². The van der Waals surface area contributed by atoms with E-state index in [1.807, 2.05) is 0 Å². The predicted octanol–water partition coefficient (Wildman–Crippen LogP) is 2.50. The van der Waals surface area contributed by atoms with Gasteiger partial charge in [0.05, 0.1) is 13.5 Å². The average Bonchev–Trinajstić information content (AvgIpc) is 2.40. The lowest BCUT2D eigenvalue weighted by atomic mass is 9.63. The quantitative estimate of drug-likeness (QED) is 0.769. The van der Waals surface area contributed by atoms with Gasteiger partial charge in [0.15, 0.2) is 0 Å². The van der Waals surface area contributed by atoms with Crippen molar-refractivity contribution in [1.82, 2.24) is 5.32 Å². The van der Waals surface area contributed by atoms with Gasteiger partial charge in [0.1, 0.15) is 0 Å². The van der Waals surface area contributed by atoms with Gasteiger partial charge in [-0.2, -0.15) is 0 Å². The zero-order valence-corrected chi connectivity index (χ0v) is 11.0. The van der Waals surface area contributed by atoms with Gasteiger partial charge in [-0.1, -0.05) is 19.3 Å². The summed E-state index contributed by atoms with van der Waals surface area (Å²) in [5, 5.41) is 3.49. The molecule has 17 heavy (non-hydrogen) atoms. The number of hydrogen-bond acceptors (Lipinski definition) is 3. The zero-order chi connectivity index (χ0) is 12.1. The third-order valence-corrected chi connectivity index (χ3v) is 4.70. The van der Waals surface area contributed by atoms with Crippen molar-refractivity contribution in [2.24, 2.45) is 11.3 Å².